The number of anilines is 3. The first-order valence-electron chi connectivity index (χ1n) is 15.8. The van der Waals surface area contributed by atoms with Gasteiger partial charge in [-0.1, -0.05) is 49.3 Å². The molecule has 0 unspecified atom stereocenters. The first-order valence-corrected chi connectivity index (χ1v) is 15.8. The lowest BCUT2D eigenvalue weighted by Crippen LogP contribution is -2.39. The molecule has 0 saturated carbocycles. The number of hydrogen-bond acceptors (Lipinski definition) is 6. The van der Waals surface area contributed by atoms with Crippen molar-refractivity contribution in [3.8, 4) is 5.75 Å². The molecule has 3 aromatic carbocycles. The normalized spacial score (nSPS) is 21.0. The lowest BCUT2D eigenvalue weighted by atomic mass is 9.66. The molecule has 45 heavy (non-hydrogen) atoms. The van der Waals surface area contributed by atoms with E-state index in [0.717, 1.165) is 39.2 Å². The summed E-state index contributed by atoms with van der Waals surface area (Å²) in [5, 5.41) is 35.7. The maximum atomic E-state index is 13.9. The summed E-state index contributed by atoms with van der Waals surface area (Å²) in [5.74, 6) is -2.17. The summed E-state index contributed by atoms with van der Waals surface area (Å²) in [6.07, 6.45) is 2.64. The van der Waals surface area contributed by atoms with Crippen LogP contribution in [0.1, 0.15) is 56.7 Å². The summed E-state index contributed by atoms with van der Waals surface area (Å²) >= 11 is 0. The highest BCUT2D eigenvalue weighted by molar-refractivity contribution is 6.22. The van der Waals surface area contributed by atoms with Gasteiger partial charge < -0.3 is 20.6 Å². The molecule has 5 rings (SSSR count). The molecule has 3 aromatic rings. The number of phenols is 1. The number of imide groups is 1. The molecule has 0 aromatic heterocycles. The van der Waals surface area contributed by atoms with Gasteiger partial charge in [-0.05, 0) is 117 Å². The van der Waals surface area contributed by atoms with Gasteiger partial charge in [-0.2, -0.15) is 0 Å². The predicted octanol–water partition coefficient (Wildman–Crippen LogP) is 7.07. The number of rotatable bonds is 10. The number of amides is 2. The first-order chi connectivity index (χ1) is 21.5. The van der Waals surface area contributed by atoms with Gasteiger partial charge in [0.05, 0.1) is 30.2 Å². The Morgan fingerprint density at radius 2 is 1.60 bits per heavy atom. The van der Waals surface area contributed by atoms with Crippen molar-refractivity contribution in [1.82, 2.24) is 0 Å². The van der Waals surface area contributed by atoms with Crippen molar-refractivity contribution >= 4 is 35.0 Å². The van der Waals surface area contributed by atoms with Crippen LogP contribution in [0.15, 0.2) is 83.4 Å². The van der Waals surface area contributed by atoms with Crippen LogP contribution in [0.2, 0.25) is 0 Å². The number of aliphatic hydroxyl groups is 2. The number of aryl methyl sites for hydroxylation is 2. The van der Waals surface area contributed by atoms with E-state index < -0.39 is 23.9 Å². The molecule has 4 atom stereocenters. The Balaban J connectivity index is 1.35. The molecule has 2 aliphatic rings. The van der Waals surface area contributed by atoms with E-state index >= 15 is 0 Å². The average molecular weight is 609 g/mol. The number of nitrogens with zero attached hydrogens (tertiary/aromatic N) is 1. The van der Waals surface area contributed by atoms with E-state index in [4.69, 9.17) is 0 Å². The van der Waals surface area contributed by atoms with Crippen LogP contribution in [0.3, 0.4) is 0 Å². The maximum absolute atomic E-state index is 13.9. The highest BCUT2D eigenvalue weighted by Gasteiger charge is 2.55. The van der Waals surface area contributed by atoms with Crippen LogP contribution in [-0.2, 0) is 9.59 Å². The van der Waals surface area contributed by atoms with Crippen LogP contribution in [0, 0.1) is 37.5 Å². The molecule has 1 aliphatic heterocycles. The number of phenolic OH excluding ortho intramolecular Hbond substituents is 1. The SMILES string of the molecule is C/C(=C\c1cc(C)c(O)c(C)c1)CC[C@@H](O)C1=C(C(C)C)C[C@H]2C(=O)N(c3ccc(Nc4ccccc4)cc3)C(=O)[C@H]2[C@H]1CO. The van der Waals surface area contributed by atoms with Crippen molar-refractivity contribution in [3.05, 3.63) is 100 Å². The van der Waals surface area contributed by atoms with Crippen LogP contribution in [-0.4, -0.2) is 39.8 Å². The number of aliphatic hydroxyl groups excluding tert-OH is 2. The highest BCUT2D eigenvalue weighted by atomic mass is 16.3. The quantitative estimate of drug-likeness (QED) is 0.145. The van der Waals surface area contributed by atoms with E-state index in [9.17, 15) is 24.9 Å². The topological polar surface area (TPSA) is 110 Å². The van der Waals surface area contributed by atoms with Gasteiger partial charge in [-0.15, -0.1) is 0 Å². The van der Waals surface area contributed by atoms with Crippen molar-refractivity contribution in [2.45, 2.75) is 60.0 Å². The van der Waals surface area contributed by atoms with Crippen molar-refractivity contribution in [2.75, 3.05) is 16.8 Å². The number of benzene rings is 3. The minimum atomic E-state index is -0.854. The summed E-state index contributed by atoms with van der Waals surface area (Å²) in [5.41, 5.74) is 7.63. The molecule has 236 valence electrons. The highest BCUT2D eigenvalue weighted by Crippen LogP contribution is 2.49. The fourth-order valence-electron chi connectivity index (χ4n) is 7.03. The van der Waals surface area contributed by atoms with Crippen molar-refractivity contribution in [3.63, 3.8) is 0 Å². The standard InChI is InChI=1S/C38H44N2O5/c1-22(2)30-20-31-35(38(45)40(37(31)44)29-14-12-28(13-15-29)39-27-9-7-6-8-10-27)32(21-41)34(30)33(42)16-11-23(3)17-26-18-24(4)36(43)25(5)19-26/h6-10,12-15,17-19,22,31-33,35,39,41-43H,11,16,20-21H2,1-5H3/b23-17+/t31-,32+,33-,35-/m1/s1. The first kappa shape index (κ1) is 32.2. The van der Waals surface area contributed by atoms with E-state index in [-0.39, 0.29) is 24.3 Å². The van der Waals surface area contributed by atoms with E-state index in [1.165, 1.54) is 4.90 Å². The fraction of sp³-hybridized carbons (Fsp3) is 0.368. The Labute approximate surface area is 265 Å². The largest absolute Gasteiger partial charge is 0.507 e. The molecule has 0 spiro atoms. The average Bonchev–Trinajstić information content (AvgIpc) is 3.27. The van der Waals surface area contributed by atoms with Crippen LogP contribution in [0.4, 0.5) is 17.1 Å². The molecule has 7 nitrogen and oxygen atoms in total. The van der Waals surface area contributed by atoms with Crippen molar-refractivity contribution < 1.29 is 24.9 Å². The molecular formula is C38H44N2O5. The Hall–Kier alpha value is -4.20. The van der Waals surface area contributed by atoms with Crippen molar-refractivity contribution in [1.29, 1.82) is 0 Å². The Bertz CT molecular complexity index is 1600. The molecule has 1 fully saturated rings. The second kappa shape index (κ2) is 13.4. The maximum Gasteiger partial charge on any atom is 0.238 e. The Morgan fingerprint density at radius 3 is 2.20 bits per heavy atom. The third kappa shape index (κ3) is 6.60. The number of hydrogen-bond donors (Lipinski definition) is 4. The number of carbonyl (C=O) groups is 2. The second-order valence-electron chi connectivity index (χ2n) is 12.9. The molecule has 1 saturated heterocycles. The van der Waals surface area contributed by atoms with Gasteiger partial charge in [0, 0.05) is 17.3 Å². The van der Waals surface area contributed by atoms with Crippen molar-refractivity contribution in [2.24, 2.45) is 23.7 Å². The van der Waals surface area contributed by atoms with Gasteiger partial charge in [0.2, 0.25) is 11.8 Å². The van der Waals surface area contributed by atoms with Crippen LogP contribution < -0.4 is 10.2 Å². The third-order valence-electron chi connectivity index (χ3n) is 9.30. The number of fused-ring (bicyclic) bond motifs is 1. The number of carbonyl (C=O) groups excluding carboxylic acids is 2. The van der Waals surface area contributed by atoms with Gasteiger partial charge in [0.15, 0.2) is 0 Å². The van der Waals surface area contributed by atoms with Crippen LogP contribution >= 0.6 is 0 Å². The molecule has 0 bridgehead atoms. The van der Waals surface area contributed by atoms with Gasteiger partial charge in [0.25, 0.3) is 0 Å². The minimum absolute atomic E-state index is 0.0459. The summed E-state index contributed by atoms with van der Waals surface area (Å²) in [4.78, 5) is 29.0. The molecule has 2 amide bonds. The molecule has 0 radical (unpaired) electrons. The molecule has 1 heterocycles. The zero-order valence-electron chi connectivity index (χ0n) is 26.7. The van der Waals surface area contributed by atoms with E-state index in [2.05, 4.69) is 11.4 Å². The second-order valence-corrected chi connectivity index (χ2v) is 12.9. The lowest BCUT2D eigenvalue weighted by Gasteiger charge is -2.38. The van der Waals surface area contributed by atoms with Crippen LogP contribution in [0.25, 0.3) is 6.08 Å². The molecule has 4 N–H and O–H groups in total. The zero-order valence-corrected chi connectivity index (χ0v) is 26.7. The van der Waals surface area contributed by atoms with Gasteiger partial charge >= 0.3 is 0 Å². The number of para-hydroxylation sites is 1. The molecule has 1 aliphatic carbocycles. The van der Waals surface area contributed by atoms with E-state index in [1.807, 2.05) is 89.2 Å². The number of allylic oxidation sites excluding steroid dienone is 2. The zero-order chi connectivity index (χ0) is 32.4. The molecular weight excluding hydrogens is 564 g/mol. The molecule has 7 heteroatoms. The lowest BCUT2D eigenvalue weighted by molar-refractivity contribution is -0.123. The fourth-order valence-corrected chi connectivity index (χ4v) is 7.03. The van der Waals surface area contributed by atoms with Gasteiger partial charge in [-0.3, -0.25) is 14.5 Å². The monoisotopic (exact) mass is 608 g/mol. The predicted molar refractivity (Wildman–Crippen MR) is 179 cm³/mol. The van der Waals surface area contributed by atoms with Crippen LogP contribution in [0.5, 0.6) is 5.75 Å². The van der Waals surface area contributed by atoms with Gasteiger partial charge in [-0.25, -0.2) is 0 Å². The number of aromatic hydroxyl groups is 1. The van der Waals surface area contributed by atoms with Gasteiger partial charge in [0.1, 0.15) is 5.75 Å². The summed E-state index contributed by atoms with van der Waals surface area (Å²) in [6.45, 7) is 9.51. The minimum Gasteiger partial charge on any atom is -0.507 e. The number of nitrogens with one attached hydrogen (secondary N) is 1. The third-order valence-corrected chi connectivity index (χ3v) is 9.30. The van der Waals surface area contributed by atoms with E-state index in [1.54, 1.807) is 12.1 Å². The Kier molecular flexibility index (Phi) is 9.61. The Morgan fingerprint density at radius 1 is 0.978 bits per heavy atom. The summed E-state index contributed by atoms with van der Waals surface area (Å²) in [7, 11) is 0. The smallest absolute Gasteiger partial charge is 0.238 e. The van der Waals surface area contributed by atoms with E-state index in [0.29, 0.717) is 36.3 Å². The summed E-state index contributed by atoms with van der Waals surface area (Å²) in [6, 6.07) is 20.9. The summed E-state index contributed by atoms with van der Waals surface area (Å²) < 4.78 is 0.